The van der Waals surface area contributed by atoms with Crippen molar-refractivity contribution in [2.75, 3.05) is 0 Å². The monoisotopic (exact) mass is 208 g/mol. The van der Waals surface area contributed by atoms with Gasteiger partial charge in [0.25, 0.3) is 0 Å². The molecule has 0 aliphatic heterocycles. The Labute approximate surface area is 85.1 Å². The number of furan rings is 1. The first-order chi connectivity index (χ1) is 7.09. The van der Waals surface area contributed by atoms with Gasteiger partial charge in [-0.25, -0.2) is 4.39 Å². The predicted molar refractivity (Wildman–Crippen MR) is 52.2 cm³/mol. The summed E-state index contributed by atoms with van der Waals surface area (Å²) in [4.78, 5) is 11.4. The lowest BCUT2D eigenvalue weighted by Gasteiger charge is -1.97. The number of aliphatic hydroxyl groups is 1. The van der Waals surface area contributed by atoms with Gasteiger partial charge in [0.15, 0.2) is 17.2 Å². The van der Waals surface area contributed by atoms with E-state index in [0.717, 1.165) is 0 Å². The fraction of sp³-hybridized carbons (Fsp3) is 0.182. The van der Waals surface area contributed by atoms with Crippen LogP contribution in [-0.2, 0) is 0 Å². The van der Waals surface area contributed by atoms with Crippen LogP contribution in [0.2, 0.25) is 0 Å². The molecule has 0 bridgehead atoms. The van der Waals surface area contributed by atoms with Gasteiger partial charge in [-0.2, -0.15) is 0 Å². The molecule has 0 aliphatic carbocycles. The molecule has 0 fully saturated rings. The van der Waals surface area contributed by atoms with E-state index < -0.39 is 17.7 Å². The molecule has 0 saturated carbocycles. The van der Waals surface area contributed by atoms with E-state index in [1.165, 1.54) is 25.1 Å². The highest BCUT2D eigenvalue weighted by Gasteiger charge is 2.18. The molecule has 1 heterocycles. The van der Waals surface area contributed by atoms with Crippen molar-refractivity contribution in [1.29, 1.82) is 0 Å². The van der Waals surface area contributed by atoms with E-state index in [-0.39, 0.29) is 11.3 Å². The van der Waals surface area contributed by atoms with Gasteiger partial charge in [0, 0.05) is 5.39 Å². The third-order valence-corrected chi connectivity index (χ3v) is 2.12. The Balaban J connectivity index is 2.57. The number of carbonyl (C=O) groups is 1. The lowest BCUT2D eigenvalue weighted by atomic mass is 10.2. The van der Waals surface area contributed by atoms with Gasteiger partial charge >= 0.3 is 0 Å². The average molecular weight is 208 g/mol. The second kappa shape index (κ2) is 3.47. The van der Waals surface area contributed by atoms with Crippen molar-refractivity contribution in [3.8, 4) is 0 Å². The Hall–Kier alpha value is -1.68. The molecule has 0 amide bonds. The van der Waals surface area contributed by atoms with E-state index in [2.05, 4.69) is 0 Å². The van der Waals surface area contributed by atoms with Crippen molar-refractivity contribution >= 4 is 16.8 Å². The molecule has 0 aliphatic rings. The minimum absolute atomic E-state index is 0.0231. The molecular formula is C11H9FO3. The first-order valence-corrected chi connectivity index (χ1v) is 4.50. The zero-order valence-electron chi connectivity index (χ0n) is 8.03. The standard InChI is InChI=1S/C11H9FO3/c1-6(13)10(14)9-5-7-3-2-4-8(12)11(7)15-9/h2-6,13H,1H3. The van der Waals surface area contributed by atoms with E-state index >= 15 is 0 Å². The van der Waals surface area contributed by atoms with Gasteiger partial charge < -0.3 is 9.52 Å². The summed E-state index contributed by atoms with van der Waals surface area (Å²) in [5.41, 5.74) is 0.0431. The first-order valence-electron chi connectivity index (χ1n) is 4.50. The second-order valence-electron chi connectivity index (χ2n) is 3.31. The molecule has 0 radical (unpaired) electrons. The molecule has 4 heteroatoms. The minimum atomic E-state index is -1.14. The summed E-state index contributed by atoms with van der Waals surface area (Å²) in [5, 5.41) is 9.58. The Kier molecular flexibility index (Phi) is 2.28. The molecule has 15 heavy (non-hydrogen) atoms. The van der Waals surface area contributed by atoms with E-state index in [1.54, 1.807) is 6.07 Å². The highest BCUT2D eigenvalue weighted by atomic mass is 19.1. The predicted octanol–water partition coefficient (Wildman–Crippen LogP) is 2.14. The maximum Gasteiger partial charge on any atom is 0.226 e. The molecule has 2 rings (SSSR count). The lowest BCUT2D eigenvalue weighted by molar-refractivity contribution is 0.0752. The Bertz CT molecular complexity index is 514. The van der Waals surface area contributed by atoms with Gasteiger partial charge in [-0.1, -0.05) is 12.1 Å². The van der Waals surface area contributed by atoms with Gasteiger partial charge in [-0.3, -0.25) is 4.79 Å². The smallest absolute Gasteiger partial charge is 0.226 e. The summed E-state index contributed by atoms with van der Waals surface area (Å²) in [7, 11) is 0. The summed E-state index contributed by atoms with van der Waals surface area (Å²) in [5.74, 6) is -1.09. The number of aliphatic hydroxyl groups excluding tert-OH is 1. The summed E-state index contributed by atoms with van der Waals surface area (Å²) >= 11 is 0. The van der Waals surface area contributed by atoms with Crippen LogP contribution >= 0.6 is 0 Å². The Morgan fingerprint density at radius 1 is 1.53 bits per heavy atom. The number of hydrogen-bond acceptors (Lipinski definition) is 3. The molecule has 0 spiro atoms. The molecule has 1 atom stereocenters. The molecule has 0 saturated heterocycles. The molecule has 78 valence electrons. The van der Waals surface area contributed by atoms with Crippen LogP contribution < -0.4 is 0 Å². The van der Waals surface area contributed by atoms with Crippen molar-refractivity contribution in [2.24, 2.45) is 0 Å². The van der Waals surface area contributed by atoms with Crippen molar-refractivity contribution in [3.05, 3.63) is 35.8 Å². The van der Waals surface area contributed by atoms with E-state index in [1.807, 2.05) is 0 Å². The van der Waals surface area contributed by atoms with Crippen LogP contribution in [0.15, 0.2) is 28.7 Å². The third-order valence-electron chi connectivity index (χ3n) is 2.12. The maximum atomic E-state index is 13.2. The number of carbonyl (C=O) groups excluding carboxylic acids is 1. The normalized spacial score (nSPS) is 13.0. The highest BCUT2D eigenvalue weighted by molar-refractivity contribution is 6.00. The zero-order valence-corrected chi connectivity index (χ0v) is 8.03. The number of para-hydroxylation sites is 1. The molecule has 2 aromatic rings. The Morgan fingerprint density at radius 2 is 2.27 bits per heavy atom. The highest BCUT2D eigenvalue weighted by Crippen LogP contribution is 2.22. The first kappa shape index (κ1) is 9.86. The number of hydrogen-bond donors (Lipinski definition) is 1. The van der Waals surface area contributed by atoms with Crippen LogP contribution in [0.3, 0.4) is 0 Å². The van der Waals surface area contributed by atoms with Crippen LogP contribution in [0.25, 0.3) is 11.0 Å². The van der Waals surface area contributed by atoms with Gasteiger partial charge in [0.1, 0.15) is 6.10 Å². The van der Waals surface area contributed by atoms with E-state index in [9.17, 15) is 9.18 Å². The SMILES string of the molecule is CC(O)C(=O)c1cc2cccc(F)c2o1. The number of benzene rings is 1. The van der Waals surface area contributed by atoms with Crippen molar-refractivity contribution in [2.45, 2.75) is 13.0 Å². The zero-order chi connectivity index (χ0) is 11.0. The minimum Gasteiger partial charge on any atom is -0.450 e. The maximum absolute atomic E-state index is 13.2. The molecule has 1 unspecified atom stereocenters. The van der Waals surface area contributed by atoms with Crippen LogP contribution in [-0.4, -0.2) is 17.0 Å². The van der Waals surface area contributed by atoms with Crippen LogP contribution in [0.1, 0.15) is 17.5 Å². The quantitative estimate of drug-likeness (QED) is 0.769. The molecular weight excluding hydrogens is 199 g/mol. The summed E-state index contributed by atoms with van der Waals surface area (Å²) < 4.78 is 18.2. The fourth-order valence-electron chi connectivity index (χ4n) is 1.35. The molecule has 1 aromatic carbocycles. The molecule has 1 aromatic heterocycles. The summed E-state index contributed by atoms with van der Waals surface area (Å²) in [6.45, 7) is 1.34. The number of rotatable bonds is 2. The summed E-state index contributed by atoms with van der Waals surface area (Å²) in [6.07, 6.45) is -1.14. The largest absolute Gasteiger partial charge is 0.450 e. The van der Waals surface area contributed by atoms with Gasteiger partial charge in [-0.15, -0.1) is 0 Å². The number of halogens is 1. The van der Waals surface area contributed by atoms with Crippen molar-refractivity contribution < 1.29 is 18.7 Å². The van der Waals surface area contributed by atoms with Crippen molar-refractivity contribution in [1.82, 2.24) is 0 Å². The lowest BCUT2D eigenvalue weighted by Crippen LogP contribution is -2.14. The van der Waals surface area contributed by atoms with Crippen LogP contribution in [0.4, 0.5) is 4.39 Å². The van der Waals surface area contributed by atoms with Crippen LogP contribution in [0, 0.1) is 5.82 Å². The number of fused-ring (bicyclic) bond motifs is 1. The summed E-state index contributed by atoms with van der Waals surface area (Å²) in [6, 6.07) is 5.85. The number of Topliss-reactive ketones (excluding diaryl/α,β-unsaturated/α-hetero) is 1. The average Bonchev–Trinajstić information content (AvgIpc) is 2.61. The fourth-order valence-corrected chi connectivity index (χ4v) is 1.35. The van der Waals surface area contributed by atoms with Gasteiger partial charge in [0.2, 0.25) is 5.78 Å². The van der Waals surface area contributed by atoms with E-state index in [0.29, 0.717) is 5.39 Å². The number of ketones is 1. The Morgan fingerprint density at radius 3 is 2.87 bits per heavy atom. The molecule has 1 N–H and O–H groups in total. The second-order valence-corrected chi connectivity index (χ2v) is 3.31. The third kappa shape index (κ3) is 1.64. The van der Waals surface area contributed by atoms with Gasteiger partial charge in [-0.05, 0) is 19.1 Å². The van der Waals surface area contributed by atoms with E-state index in [4.69, 9.17) is 9.52 Å². The van der Waals surface area contributed by atoms with Crippen molar-refractivity contribution in [3.63, 3.8) is 0 Å². The van der Waals surface area contributed by atoms with Gasteiger partial charge in [0.05, 0.1) is 0 Å². The topological polar surface area (TPSA) is 50.4 Å². The molecule has 3 nitrogen and oxygen atoms in total. The van der Waals surface area contributed by atoms with Crippen LogP contribution in [0.5, 0.6) is 0 Å².